The normalized spacial score (nSPS) is 15.1. The molecule has 2 aromatic heterocycles. The highest BCUT2D eigenvalue weighted by atomic mass is 32.2. The van der Waals surface area contributed by atoms with Gasteiger partial charge in [-0.2, -0.15) is 0 Å². The van der Waals surface area contributed by atoms with E-state index in [1.165, 1.54) is 54.3 Å². The molecule has 0 aliphatic heterocycles. The Morgan fingerprint density at radius 2 is 1.94 bits per heavy atom. The van der Waals surface area contributed by atoms with Gasteiger partial charge in [-0.1, -0.05) is 43.0 Å². The van der Waals surface area contributed by atoms with Gasteiger partial charge in [0.1, 0.15) is 11.6 Å². The number of halogens is 1. The van der Waals surface area contributed by atoms with Gasteiger partial charge in [-0.15, -0.1) is 16.9 Å². The number of amides is 1. The monoisotopic (exact) mass is 444 g/mol. The maximum atomic E-state index is 13.1. The molecule has 1 amide bonds. The van der Waals surface area contributed by atoms with Gasteiger partial charge in [0.2, 0.25) is 5.91 Å². The second kappa shape index (κ2) is 10.0. The van der Waals surface area contributed by atoms with Crippen molar-refractivity contribution in [2.24, 2.45) is 0 Å². The SMILES string of the molecule is O=C(CSCc1nc2c(nnn2Cc2ccc(F)cc2)c(=O)[nH]1)NC1CCCCCC1. The number of aromatic nitrogens is 5. The van der Waals surface area contributed by atoms with Crippen LogP contribution in [-0.4, -0.2) is 42.7 Å². The van der Waals surface area contributed by atoms with E-state index in [-0.39, 0.29) is 28.8 Å². The van der Waals surface area contributed by atoms with E-state index in [2.05, 4.69) is 25.6 Å². The van der Waals surface area contributed by atoms with E-state index in [0.717, 1.165) is 18.4 Å². The van der Waals surface area contributed by atoms with Crippen molar-refractivity contribution in [3.8, 4) is 0 Å². The predicted octanol–water partition coefficient (Wildman–Crippen LogP) is 2.77. The van der Waals surface area contributed by atoms with Crippen molar-refractivity contribution < 1.29 is 9.18 Å². The van der Waals surface area contributed by atoms with Gasteiger partial charge in [0.15, 0.2) is 11.2 Å². The first kappa shape index (κ1) is 21.5. The molecule has 31 heavy (non-hydrogen) atoms. The predicted molar refractivity (Wildman–Crippen MR) is 117 cm³/mol. The Morgan fingerprint density at radius 3 is 2.68 bits per heavy atom. The van der Waals surface area contributed by atoms with Crippen LogP contribution in [0, 0.1) is 5.82 Å². The number of nitrogens with one attached hydrogen (secondary N) is 2. The smallest absolute Gasteiger partial charge is 0.281 e. The van der Waals surface area contributed by atoms with Crippen molar-refractivity contribution >= 4 is 28.8 Å². The minimum absolute atomic E-state index is 0.0170. The summed E-state index contributed by atoms with van der Waals surface area (Å²) in [5.74, 6) is 0.871. The lowest BCUT2D eigenvalue weighted by Gasteiger charge is -2.15. The third kappa shape index (κ3) is 5.69. The number of nitrogens with zero attached hydrogens (tertiary/aromatic N) is 4. The van der Waals surface area contributed by atoms with Gasteiger partial charge in [0.05, 0.1) is 18.1 Å². The van der Waals surface area contributed by atoms with Crippen molar-refractivity contribution in [1.29, 1.82) is 0 Å². The summed E-state index contributed by atoms with van der Waals surface area (Å²) in [5, 5.41) is 11.1. The molecule has 1 aromatic carbocycles. The number of fused-ring (bicyclic) bond motifs is 1. The summed E-state index contributed by atoms with van der Waals surface area (Å²) in [4.78, 5) is 31.8. The average molecular weight is 445 g/mol. The van der Waals surface area contributed by atoms with Crippen molar-refractivity contribution in [3.05, 3.63) is 51.8 Å². The fourth-order valence-corrected chi connectivity index (χ4v) is 4.48. The summed E-state index contributed by atoms with van der Waals surface area (Å²) in [6.45, 7) is 0.323. The van der Waals surface area contributed by atoms with Crippen molar-refractivity contribution in [3.63, 3.8) is 0 Å². The number of hydrogen-bond acceptors (Lipinski definition) is 6. The van der Waals surface area contributed by atoms with Gasteiger partial charge in [0.25, 0.3) is 5.56 Å². The van der Waals surface area contributed by atoms with E-state index in [1.54, 1.807) is 12.1 Å². The molecule has 0 atom stereocenters. The molecule has 4 rings (SSSR count). The van der Waals surface area contributed by atoms with Crippen LogP contribution in [-0.2, 0) is 17.1 Å². The van der Waals surface area contributed by atoms with Crippen LogP contribution in [0.4, 0.5) is 4.39 Å². The van der Waals surface area contributed by atoms with Crippen molar-refractivity contribution in [1.82, 2.24) is 30.3 Å². The molecular weight excluding hydrogens is 419 g/mol. The number of thioether (sulfide) groups is 1. The van der Waals surface area contributed by atoms with Crippen LogP contribution < -0.4 is 10.9 Å². The Balaban J connectivity index is 1.38. The van der Waals surface area contributed by atoms with Crippen LogP contribution in [0.15, 0.2) is 29.1 Å². The second-order valence-corrected chi connectivity index (χ2v) is 8.79. The number of benzene rings is 1. The van der Waals surface area contributed by atoms with E-state index in [1.807, 2.05) is 0 Å². The number of carbonyl (C=O) groups is 1. The quantitative estimate of drug-likeness (QED) is 0.543. The van der Waals surface area contributed by atoms with Gasteiger partial charge in [-0.25, -0.2) is 14.1 Å². The number of aromatic amines is 1. The maximum absolute atomic E-state index is 13.1. The maximum Gasteiger partial charge on any atom is 0.281 e. The van der Waals surface area contributed by atoms with E-state index in [0.29, 0.717) is 29.5 Å². The van der Waals surface area contributed by atoms with E-state index < -0.39 is 0 Å². The summed E-state index contributed by atoms with van der Waals surface area (Å²) >= 11 is 1.40. The van der Waals surface area contributed by atoms with Crippen LogP contribution in [0.1, 0.15) is 49.9 Å². The second-order valence-electron chi connectivity index (χ2n) is 7.81. The molecule has 164 valence electrons. The molecule has 3 aromatic rings. The Labute approximate surface area is 183 Å². The molecule has 8 nitrogen and oxygen atoms in total. The minimum Gasteiger partial charge on any atom is -0.353 e. The molecule has 0 saturated heterocycles. The molecule has 2 N–H and O–H groups in total. The molecule has 2 heterocycles. The molecule has 1 aliphatic rings. The Bertz CT molecular complexity index is 1090. The summed E-state index contributed by atoms with van der Waals surface area (Å²) < 4.78 is 14.6. The Morgan fingerprint density at radius 1 is 1.19 bits per heavy atom. The Kier molecular flexibility index (Phi) is 6.96. The highest BCUT2D eigenvalue weighted by molar-refractivity contribution is 7.99. The first-order valence-corrected chi connectivity index (χ1v) is 11.7. The van der Waals surface area contributed by atoms with Crippen LogP contribution >= 0.6 is 11.8 Å². The molecule has 0 bridgehead atoms. The highest BCUT2D eigenvalue weighted by Crippen LogP contribution is 2.18. The number of H-pyrrole nitrogens is 1. The third-order valence-electron chi connectivity index (χ3n) is 5.36. The largest absolute Gasteiger partial charge is 0.353 e. The number of rotatable bonds is 7. The van der Waals surface area contributed by atoms with Crippen molar-refractivity contribution in [2.75, 3.05) is 5.75 Å². The van der Waals surface area contributed by atoms with Crippen LogP contribution in [0.25, 0.3) is 11.2 Å². The fourth-order valence-electron chi connectivity index (χ4n) is 3.78. The third-order valence-corrected chi connectivity index (χ3v) is 6.30. The number of hydrogen-bond donors (Lipinski definition) is 2. The number of carbonyl (C=O) groups excluding carboxylic acids is 1. The van der Waals surface area contributed by atoms with Gasteiger partial charge >= 0.3 is 0 Å². The van der Waals surface area contributed by atoms with Gasteiger partial charge in [-0.3, -0.25) is 9.59 Å². The standard InChI is InChI=1S/C21H25FN6O2S/c22-15-9-7-14(8-10-15)11-28-20-19(26-27-28)21(30)25-17(24-20)12-31-13-18(29)23-16-5-3-1-2-4-6-16/h7-10,16H,1-6,11-13H2,(H,23,29)(H,24,25,30). The summed E-state index contributed by atoms with van der Waals surface area (Å²) in [6, 6.07) is 6.32. The highest BCUT2D eigenvalue weighted by Gasteiger charge is 2.16. The van der Waals surface area contributed by atoms with E-state index >= 15 is 0 Å². The fraction of sp³-hybridized carbons (Fsp3) is 0.476. The average Bonchev–Trinajstić information content (AvgIpc) is 2.97. The van der Waals surface area contributed by atoms with Crippen LogP contribution in [0.3, 0.4) is 0 Å². The van der Waals surface area contributed by atoms with Crippen LogP contribution in [0.2, 0.25) is 0 Å². The Hall–Kier alpha value is -2.75. The first-order valence-electron chi connectivity index (χ1n) is 10.5. The lowest BCUT2D eigenvalue weighted by atomic mass is 10.1. The molecule has 0 unspecified atom stereocenters. The topological polar surface area (TPSA) is 106 Å². The molecule has 1 saturated carbocycles. The van der Waals surface area contributed by atoms with E-state index in [9.17, 15) is 14.0 Å². The molecule has 1 fully saturated rings. The zero-order chi connectivity index (χ0) is 21.6. The minimum atomic E-state index is -0.367. The molecule has 0 spiro atoms. The van der Waals surface area contributed by atoms with Gasteiger partial charge in [-0.05, 0) is 30.5 Å². The molecule has 1 aliphatic carbocycles. The molecule has 10 heteroatoms. The van der Waals surface area contributed by atoms with Gasteiger partial charge in [0, 0.05) is 6.04 Å². The van der Waals surface area contributed by atoms with Crippen LogP contribution in [0.5, 0.6) is 0 Å². The molecule has 0 radical (unpaired) electrons. The molecular formula is C21H25FN6O2S. The summed E-state index contributed by atoms with van der Waals surface area (Å²) in [6.07, 6.45) is 6.93. The summed E-state index contributed by atoms with van der Waals surface area (Å²) in [7, 11) is 0. The van der Waals surface area contributed by atoms with Gasteiger partial charge < -0.3 is 10.3 Å². The zero-order valence-corrected chi connectivity index (χ0v) is 18.0. The lowest BCUT2D eigenvalue weighted by molar-refractivity contribution is -0.119. The lowest BCUT2D eigenvalue weighted by Crippen LogP contribution is -2.35. The van der Waals surface area contributed by atoms with E-state index in [4.69, 9.17) is 0 Å². The van der Waals surface area contributed by atoms with Crippen molar-refractivity contribution in [2.45, 2.75) is 56.9 Å². The summed E-state index contributed by atoms with van der Waals surface area (Å²) in [5.41, 5.74) is 0.976. The zero-order valence-electron chi connectivity index (χ0n) is 17.1. The first-order chi connectivity index (χ1) is 15.1.